The molecule has 4 rings (SSSR count). The summed E-state index contributed by atoms with van der Waals surface area (Å²) in [5, 5.41) is 1.52. The van der Waals surface area contributed by atoms with Crippen LogP contribution in [0.4, 0.5) is 5.69 Å². The van der Waals surface area contributed by atoms with Gasteiger partial charge in [0.1, 0.15) is 0 Å². The van der Waals surface area contributed by atoms with Gasteiger partial charge < -0.3 is 4.90 Å². The average molecular weight is 495 g/mol. The van der Waals surface area contributed by atoms with E-state index in [1.54, 1.807) is 24.3 Å². The number of hydrogen-bond acceptors (Lipinski definition) is 5. The highest BCUT2D eigenvalue weighted by Crippen LogP contribution is 2.28. The first-order chi connectivity index (χ1) is 15.2. The summed E-state index contributed by atoms with van der Waals surface area (Å²) in [5.41, 5.74) is 0.708. The molecule has 0 bridgehead atoms. The first kappa shape index (κ1) is 23.0. The normalized spacial score (nSPS) is 20.8. The van der Waals surface area contributed by atoms with Crippen LogP contribution in [-0.4, -0.2) is 51.9 Å². The number of carbonyl (C=O) groups excluding carboxylic acids is 1. The molecule has 2 aliphatic rings. The van der Waals surface area contributed by atoms with Gasteiger partial charge in [0.25, 0.3) is 5.91 Å². The second kappa shape index (κ2) is 8.97. The van der Waals surface area contributed by atoms with Crippen molar-refractivity contribution in [2.75, 3.05) is 23.7 Å². The molecule has 1 fully saturated rings. The van der Waals surface area contributed by atoms with Crippen molar-refractivity contribution < 1.29 is 21.6 Å². The number of benzene rings is 2. The van der Waals surface area contributed by atoms with Crippen molar-refractivity contribution in [3.63, 3.8) is 0 Å². The van der Waals surface area contributed by atoms with E-state index in [0.717, 1.165) is 24.7 Å². The highest BCUT2D eigenvalue weighted by molar-refractivity contribution is 7.94. The van der Waals surface area contributed by atoms with Gasteiger partial charge in [0.05, 0.1) is 16.7 Å². The van der Waals surface area contributed by atoms with Crippen molar-refractivity contribution in [2.45, 2.75) is 30.2 Å². The second-order valence-corrected chi connectivity index (χ2v) is 12.2. The summed E-state index contributed by atoms with van der Waals surface area (Å²) in [4.78, 5) is 14.9. The maximum absolute atomic E-state index is 13.4. The Kier molecular flexibility index (Phi) is 6.44. The summed E-state index contributed by atoms with van der Waals surface area (Å²) < 4.78 is 51.2. The van der Waals surface area contributed by atoms with Gasteiger partial charge in [-0.2, -0.15) is 4.31 Å². The van der Waals surface area contributed by atoms with E-state index in [0.29, 0.717) is 23.8 Å². The van der Waals surface area contributed by atoms with Gasteiger partial charge in [-0.1, -0.05) is 24.1 Å². The molecule has 2 aliphatic heterocycles. The molecule has 10 heteroatoms. The minimum Gasteiger partial charge on any atom is -0.300 e. The number of nitrogens with zero attached hydrogens (tertiary/aromatic N) is 2. The van der Waals surface area contributed by atoms with Crippen LogP contribution in [0.2, 0.25) is 5.02 Å². The highest BCUT2D eigenvalue weighted by Gasteiger charge is 2.32. The van der Waals surface area contributed by atoms with Gasteiger partial charge in [0.2, 0.25) is 10.0 Å². The van der Waals surface area contributed by atoms with Crippen LogP contribution in [-0.2, 0) is 19.9 Å². The number of rotatable bonds is 5. The minimum atomic E-state index is -3.61. The fourth-order valence-electron chi connectivity index (χ4n) is 3.97. The zero-order valence-corrected chi connectivity index (χ0v) is 19.6. The number of amides is 1. The second-order valence-electron chi connectivity index (χ2n) is 7.87. The van der Waals surface area contributed by atoms with Gasteiger partial charge in [-0.05, 0) is 61.4 Å². The van der Waals surface area contributed by atoms with Crippen molar-refractivity contribution in [3.05, 3.63) is 70.6 Å². The quantitative estimate of drug-likeness (QED) is 0.634. The number of hydrogen-bond donors (Lipinski definition) is 0. The molecule has 1 atom stereocenters. The number of sulfonamides is 1. The van der Waals surface area contributed by atoms with E-state index < -0.39 is 31.8 Å². The topological polar surface area (TPSA) is 91.8 Å². The molecule has 2 heterocycles. The van der Waals surface area contributed by atoms with E-state index in [2.05, 4.69) is 0 Å². The van der Waals surface area contributed by atoms with Crippen LogP contribution in [0.15, 0.2) is 64.9 Å². The van der Waals surface area contributed by atoms with E-state index >= 15 is 0 Å². The lowest BCUT2D eigenvalue weighted by atomic mass is 10.1. The molecule has 2 aromatic rings. The molecule has 0 aliphatic carbocycles. The number of anilines is 1. The molecule has 1 unspecified atom stereocenters. The number of halogens is 1. The monoisotopic (exact) mass is 494 g/mol. The van der Waals surface area contributed by atoms with E-state index in [9.17, 15) is 21.6 Å². The van der Waals surface area contributed by atoms with Crippen molar-refractivity contribution in [3.8, 4) is 0 Å². The number of piperidine rings is 1. The van der Waals surface area contributed by atoms with Crippen molar-refractivity contribution in [1.82, 2.24) is 4.31 Å². The fourth-order valence-corrected chi connectivity index (χ4v) is 6.94. The lowest BCUT2D eigenvalue weighted by Crippen LogP contribution is -2.41. The first-order valence-electron chi connectivity index (χ1n) is 10.3. The molecule has 170 valence electrons. The lowest BCUT2D eigenvalue weighted by molar-refractivity contribution is 0.0983. The zero-order valence-electron chi connectivity index (χ0n) is 17.2. The molecular weight excluding hydrogens is 472 g/mol. The maximum Gasteiger partial charge on any atom is 0.258 e. The number of sulfone groups is 1. The van der Waals surface area contributed by atoms with Crippen LogP contribution < -0.4 is 4.90 Å². The zero-order chi connectivity index (χ0) is 22.9. The summed E-state index contributed by atoms with van der Waals surface area (Å²) in [7, 11) is -7.02. The summed E-state index contributed by atoms with van der Waals surface area (Å²) in [6.45, 7) is 0.988. The Morgan fingerprint density at radius 2 is 1.72 bits per heavy atom. The van der Waals surface area contributed by atoms with E-state index in [1.807, 2.05) is 0 Å². The van der Waals surface area contributed by atoms with Gasteiger partial charge in [0.15, 0.2) is 9.84 Å². The molecule has 0 spiro atoms. The third-order valence-electron chi connectivity index (χ3n) is 5.60. The molecule has 0 aromatic heterocycles. The van der Waals surface area contributed by atoms with E-state index in [4.69, 9.17) is 11.6 Å². The van der Waals surface area contributed by atoms with Gasteiger partial charge in [0, 0.05) is 34.8 Å². The summed E-state index contributed by atoms with van der Waals surface area (Å²) in [5.74, 6) is -0.673. The largest absolute Gasteiger partial charge is 0.300 e. The molecule has 0 radical (unpaired) electrons. The van der Waals surface area contributed by atoms with Crippen LogP contribution in [0.5, 0.6) is 0 Å². The average Bonchev–Trinajstić information content (AvgIpc) is 3.13. The summed E-state index contributed by atoms with van der Waals surface area (Å²) in [6, 6.07) is 11.7. The predicted octanol–water partition coefficient (Wildman–Crippen LogP) is 3.47. The van der Waals surface area contributed by atoms with Gasteiger partial charge in [-0.15, -0.1) is 0 Å². The Labute approximate surface area is 193 Å². The van der Waals surface area contributed by atoms with Crippen molar-refractivity contribution in [1.29, 1.82) is 0 Å². The summed E-state index contributed by atoms with van der Waals surface area (Å²) in [6.07, 6.45) is 4.16. The third kappa shape index (κ3) is 4.76. The lowest BCUT2D eigenvalue weighted by Gasteiger charge is -2.28. The third-order valence-corrected chi connectivity index (χ3v) is 9.13. The van der Waals surface area contributed by atoms with Crippen molar-refractivity contribution in [2.24, 2.45) is 0 Å². The fraction of sp³-hybridized carbons (Fsp3) is 0.318. The molecule has 0 N–H and O–H groups in total. The van der Waals surface area contributed by atoms with Gasteiger partial charge in [-0.25, -0.2) is 16.8 Å². The summed E-state index contributed by atoms with van der Waals surface area (Å²) >= 11 is 6.10. The Hall–Kier alpha value is -2.20. The molecule has 1 saturated heterocycles. The van der Waals surface area contributed by atoms with Crippen molar-refractivity contribution >= 4 is 43.1 Å². The Morgan fingerprint density at radius 3 is 2.31 bits per heavy atom. The van der Waals surface area contributed by atoms with E-state index in [1.165, 1.54) is 39.5 Å². The Balaban J connectivity index is 1.65. The Bertz CT molecular complexity index is 1250. The maximum atomic E-state index is 13.4. The van der Waals surface area contributed by atoms with Crippen LogP contribution in [0, 0.1) is 0 Å². The predicted molar refractivity (Wildman–Crippen MR) is 124 cm³/mol. The molecular formula is C22H23ClN2O5S2. The van der Waals surface area contributed by atoms with Crippen LogP contribution in [0.1, 0.15) is 29.6 Å². The molecule has 2 aromatic carbocycles. The minimum absolute atomic E-state index is 0.133. The molecule has 0 saturated carbocycles. The SMILES string of the molecule is O=C(c1ccc(S(=O)(=O)N2CCCCC2)cc1)N(c1cccc(Cl)c1)C1C=CS(=O)(=O)C1. The van der Waals surface area contributed by atoms with Crippen LogP contribution in [0.3, 0.4) is 0 Å². The molecule has 1 amide bonds. The van der Waals surface area contributed by atoms with Crippen LogP contribution >= 0.6 is 11.6 Å². The van der Waals surface area contributed by atoms with E-state index in [-0.39, 0.29) is 16.2 Å². The Morgan fingerprint density at radius 1 is 1.03 bits per heavy atom. The number of carbonyl (C=O) groups is 1. The first-order valence-corrected chi connectivity index (χ1v) is 13.8. The smallest absolute Gasteiger partial charge is 0.258 e. The van der Waals surface area contributed by atoms with Crippen LogP contribution in [0.25, 0.3) is 0 Å². The highest BCUT2D eigenvalue weighted by atomic mass is 35.5. The standard InChI is InChI=1S/C22H23ClN2O5S2/c23-18-5-4-6-19(15-18)25(20-11-14-31(27,28)16-20)22(26)17-7-9-21(10-8-17)32(29,30)24-12-2-1-3-13-24/h4-11,14-15,20H,1-3,12-13,16H2. The van der Waals surface area contributed by atoms with Gasteiger partial charge in [-0.3, -0.25) is 4.79 Å². The molecule has 32 heavy (non-hydrogen) atoms. The van der Waals surface area contributed by atoms with Gasteiger partial charge >= 0.3 is 0 Å². The molecule has 7 nitrogen and oxygen atoms in total.